The Labute approximate surface area is 111 Å². The SMILES string of the molecule is CCN(CC)c1nc(Cl)nc(-n2ccnc2C)n1. The van der Waals surface area contributed by atoms with Crippen molar-refractivity contribution >= 4 is 17.5 Å². The Kier molecular flexibility index (Phi) is 3.76. The van der Waals surface area contributed by atoms with Crippen LogP contribution < -0.4 is 4.90 Å². The molecule has 0 amide bonds. The molecular formula is C11H15ClN6. The second-order valence-corrected chi connectivity index (χ2v) is 4.06. The van der Waals surface area contributed by atoms with Gasteiger partial charge in [-0.2, -0.15) is 15.0 Å². The third-order valence-electron chi connectivity index (χ3n) is 2.67. The maximum Gasteiger partial charge on any atom is 0.241 e. The number of hydrogen-bond donors (Lipinski definition) is 0. The summed E-state index contributed by atoms with van der Waals surface area (Å²) in [5.74, 6) is 1.89. The van der Waals surface area contributed by atoms with Crippen molar-refractivity contribution in [2.45, 2.75) is 20.8 Å². The van der Waals surface area contributed by atoms with Gasteiger partial charge < -0.3 is 4.90 Å². The molecular weight excluding hydrogens is 252 g/mol. The molecule has 2 aromatic rings. The fourth-order valence-electron chi connectivity index (χ4n) is 1.67. The summed E-state index contributed by atoms with van der Waals surface area (Å²) in [6, 6.07) is 0. The van der Waals surface area contributed by atoms with E-state index in [0.29, 0.717) is 11.9 Å². The number of nitrogens with zero attached hydrogens (tertiary/aromatic N) is 6. The van der Waals surface area contributed by atoms with E-state index in [1.54, 1.807) is 17.0 Å². The first-order chi connectivity index (χ1) is 8.65. The molecule has 2 aromatic heterocycles. The maximum atomic E-state index is 5.95. The van der Waals surface area contributed by atoms with Gasteiger partial charge in [0.2, 0.25) is 17.2 Å². The van der Waals surface area contributed by atoms with E-state index in [-0.39, 0.29) is 5.28 Å². The summed E-state index contributed by atoms with van der Waals surface area (Å²) >= 11 is 5.95. The highest BCUT2D eigenvalue weighted by Crippen LogP contribution is 2.14. The van der Waals surface area contributed by atoms with Gasteiger partial charge in [-0.25, -0.2) is 4.98 Å². The average Bonchev–Trinajstić information content (AvgIpc) is 2.76. The molecule has 0 aliphatic carbocycles. The first-order valence-corrected chi connectivity index (χ1v) is 6.20. The Hall–Kier alpha value is -1.69. The van der Waals surface area contributed by atoms with Crippen LogP contribution in [0.25, 0.3) is 5.95 Å². The summed E-state index contributed by atoms with van der Waals surface area (Å²) in [6.07, 6.45) is 3.50. The zero-order valence-corrected chi connectivity index (χ0v) is 11.4. The summed E-state index contributed by atoms with van der Waals surface area (Å²) in [6.45, 7) is 7.61. The second kappa shape index (κ2) is 5.30. The fourth-order valence-corrected chi connectivity index (χ4v) is 1.83. The van der Waals surface area contributed by atoms with Crippen LogP contribution in [0.3, 0.4) is 0 Å². The summed E-state index contributed by atoms with van der Waals surface area (Å²) in [5.41, 5.74) is 0. The minimum absolute atomic E-state index is 0.190. The molecule has 0 fully saturated rings. The molecule has 96 valence electrons. The van der Waals surface area contributed by atoms with Gasteiger partial charge in [0, 0.05) is 25.5 Å². The molecule has 2 heterocycles. The van der Waals surface area contributed by atoms with E-state index in [0.717, 1.165) is 18.9 Å². The lowest BCUT2D eigenvalue weighted by atomic mass is 10.5. The van der Waals surface area contributed by atoms with Gasteiger partial charge in [0.15, 0.2) is 0 Å². The third-order valence-corrected chi connectivity index (χ3v) is 2.84. The molecule has 0 saturated carbocycles. The number of aromatic nitrogens is 5. The van der Waals surface area contributed by atoms with E-state index < -0.39 is 0 Å². The molecule has 0 radical (unpaired) electrons. The quantitative estimate of drug-likeness (QED) is 0.845. The highest BCUT2D eigenvalue weighted by molar-refractivity contribution is 6.28. The second-order valence-electron chi connectivity index (χ2n) is 3.72. The van der Waals surface area contributed by atoms with E-state index >= 15 is 0 Å². The van der Waals surface area contributed by atoms with Crippen LogP contribution in [-0.2, 0) is 0 Å². The van der Waals surface area contributed by atoms with E-state index in [9.17, 15) is 0 Å². The molecule has 0 unspecified atom stereocenters. The van der Waals surface area contributed by atoms with Crippen molar-refractivity contribution in [1.29, 1.82) is 0 Å². The van der Waals surface area contributed by atoms with Crippen molar-refractivity contribution in [3.8, 4) is 5.95 Å². The number of halogens is 1. The predicted octanol–water partition coefficient (Wildman–Crippen LogP) is 1.87. The highest BCUT2D eigenvalue weighted by atomic mass is 35.5. The van der Waals surface area contributed by atoms with Crippen molar-refractivity contribution in [1.82, 2.24) is 24.5 Å². The first-order valence-electron chi connectivity index (χ1n) is 5.82. The summed E-state index contributed by atoms with van der Waals surface area (Å²) in [7, 11) is 0. The van der Waals surface area contributed by atoms with Crippen molar-refractivity contribution in [2.75, 3.05) is 18.0 Å². The van der Waals surface area contributed by atoms with E-state index in [2.05, 4.69) is 19.9 Å². The van der Waals surface area contributed by atoms with Crippen molar-refractivity contribution in [3.63, 3.8) is 0 Å². The monoisotopic (exact) mass is 266 g/mol. The number of anilines is 1. The number of aryl methyl sites for hydroxylation is 1. The lowest BCUT2D eigenvalue weighted by Gasteiger charge is -2.18. The molecule has 0 aromatic carbocycles. The van der Waals surface area contributed by atoms with E-state index in [1.165, 1.54) is 0 Å². The standard InChI is InChI=1S/C11H15ClN6/c1-4-17(5-2)10-14-9(12)15-11(16-10)18-7-6-13-8(18)3/h6-7H,4-5H2,1-3H3. The van der Waals surface area contributed by atoms with E-state index in [1.807, 2.05) is 25.7 Å². The number of rotatable bonds is 4. The van der Waals surface area contributed by atoms with Gasteiger partial charge in [-0.3, -0.25) is 4.57 Å². The van der Waals surface area contributed by atoms with Crippen LogP contribution in [0, 0.1) is 6.92 Å². The minimum atomic E-state index is 0.190. The molecule has 0 N–H and O–H groups in total. The maximum absolute atomic E-state index is 5.95. The Morgan fingerprint density at radius 1 is 1.22 bits per heavy atom. The van der Waals surface area contributed by atoms with Gasteiger partial charge in [-0.1, -0.05) is 0 Å². The van der Waals surface area contributed by atoms with Gasteiger partial charge in [0.05, 0.1) is 0 Å². The molecule has 7 heteroatoms. The lowest BCUT2D eigenvalue weighted by Crippen LogP contribution is -2.25. The molecule has 6 nitrogen and oxygen atoms in total. The fraction of sp³-hybridized carbons (Fsp3) is 0.455. The molecule has 0 aliphatic heterocycles. The van der Waals surface area contributed by atoms with Crippen LogP contribution in [0.1, 0.15) is 19.7 Å². The van der Waals surface area contributed by atoms with Gasteiger partial charge in [0.1, 0.15) is 5.82 Å². The van der Waals surface area contributed by atoms with Gasteiger partial charge in [-0.15, -0.1) is 0 Å². The van der Waals surface area contributed by atoms with Crippen molar-refractivity contribution in [3.05, 3.63) is 23.5 Å². The van der Waals surface area contributed by atoms with Gasteiger partial charge in [0.25, 0.3) is 0 Å². The number of imidazole rings is 1. The van der Waals surface area contributed by atoms with Crippen LogP contribution in [0.4, 0.5) is 5.95 Å². The molecule has 0 aliphatic rings. The predicted molar refractivity (Wildman–Crippen MR) is 70.3 cm³/mol. The average molecular weight is 267 g/mol. The Morgan fingerprint density at radius 3 is 2.50 bits per heavy atom. The normalized spacial score (nSPS) is 10.7. The smallest absolute Gasteiger partial charge is 0.241 e. The topological polar surface area (TPSA) is 59.7 Å². The summed E-state index contributed by atoms with van der Waals surface area (Å²) < 4.78 is 1.78. The Morgan fingerprint density at radius 2 is 1.94 bits per heavy atom. The minimum Gasteiger partial charge on any atom is -0.341 e. The highest BCUT2D eigenvalue weighted by Gasteiger charge is 2.12. The summed E-state index contributed by atoms with van der Waals surface area (Å²) in [5, 5.41) is 0.190. The summed E-state index contributed by atoms with van der Waals surface area (Å²) in [4.78, 5) is 18.9. The lowest BCUT2D eigenvalue weighted by molar-refractivity contribution is 0.787. The van der Waals surface area contributed by atoms with Crippen LogP contribution in [-0.4, -0.2) is 37.6 Å². The van der Waals surface area contributed by atoms with Crippen molar-refractivity contribution < 1.29 is 0 Å². The van der Waals surface area contributed by atoms with Crippen LogP contribution in [0.15, 0.2) is 12.4 Å². The Balaban J connectivity index is 2.47. The van der Waals surface area contributed by atoms with Crippen LogP contribution in [0.5, 0.6) is 0 Å². The van der Waals surface area contributed by atoms with Gasteiger partial charge in [-0.05, 0) is 32.4 Å². The molecule has 18 heavy (non-hydrogen) atoms. The van der Waals surface area contributed by atoms with Crippen LogP contribution in [0.2, 0.25) is 5.28 Å². The largest absolute Gasteiger partial charge is 0.341 e. The number of hydrogen-bond acceptors (Lipinski definition) is 5. The zero-order chi connectivity index (χ0) is 13.1. The van der Waals surface area contributed by atoms with Crippen molar-refractivity contribution in [2.24, 2.45) is 0 Å². The first kappa shape index (κ1) is 12.8. The molecule has 2 rings (SSSR count). The molecule has 0 spiro atoms. The zero-order valence-electron chi connectivity index (χ0n) is 10.6. The van der Waals surface area contributed by atoms with Gasteiger partial charge >= 0.3 is 0 Å². The van der Waals surface area contributed by atoms with E-state index in [4.69, 9.17) is 11.6 Å². The molecule has 0 saturated heterocycles. The van der Waals surface area contributed by atoms with Crippen LogP contribution >= 0.6 is 11.6 Å². The third kappa shape index (κ3) is 2.43. The Bertz CT molecular complexity index is 534. The molecule has 0 atom stereocenters. The molecule has 0 bridgehead atoms.